The summed E-state index contributed by atoms with van der Waals surface area (Å²) < 4.78 is 12.8. The molecule has 0 unspecified atom stereocenters. The summed E-state index contributed by atoms with van der Waals surface area (Å²) in [5, 5.41) is 3.07. The van der Waals surface area contributed by atoms with E-state index in [0.717, 1.165) is 27.8 Å². The van der Waals surface area contributed by atoms with Crippen molar-refractivity contribution in [3.63, 3.8) is 0 Å². The number of hydrogen-bond donors (Lipinski definition) is 1. The Kier molecular flexibility index (Phi) is 4.37. The molecule has 1 aromatic heterocycles. The zero-order valence-corrected chi connectivity index (χ0v) is 12.0. The largest absolute Gasteiger partial charge is 0.373 e. The van der Waals surface area contributed by atoms with Gasteiger partial charge >= 0.3 is 0 Å². The van der Waals surface area contributed by atoms with Gasteiger partial charge in [0, 0.05) is 23.2 Å². The Morgan fingerprint density at radius 2 is 1.84 bits per heavy atom. The van der Waals surface area contributed by atoms with E-state index in [4.69, 9.17) is 0 Å². The van der Waals surface area contributed by atoms with Crippen molar-refractivity contribution in [3.8, 4) is 0 Å². The Hall–Kier alpha value is -1.62. The van der Waals surface area contributed by atoms with Gasteiger partial charge in [0.2, 0.25) is 0 Å². The number of hydrogen-bond acceptors (Lipinski definition) is 4. The third kappa shape index (κ3) is 3.44. The van der Waals surface area contributed by atoms with Crippen LogP contribution in [0.15, 0.2) is 29.2 Å². The van der Waals surface area contributed by atoms with E-state index < -0.39 is 0 Å². The molecular weight excluding hydrogens is 261 g/mol. The molecule has 0 amide bonds. The molecule has 5 heteroatoms. The highest BCUT2D eigenvalue weighted by Gasteiger charge is 2.07. The molecule has 0 aliphatic heterocycles. The Morgan fingerprint density at radius 3 is 2.47 bits per heavy atom. The van der Waals surface area contributed by atoms with E-state index in [1.54, 1.807) is 23.9 Å². The number of nitrogens with one attached hydrogen (secondary N) is 1. The second-order valence-electron chi connectivity index (χ2n) is 4.19. The summed E-state index contributed by atoms with van der Waals surface area (Å²) in [7, 11) is 1.85. The van der Waals surface area contributed by atoms with Crippen LogP contribution in [0.25, 0.3) is 0 Å². The van der Waals surface area contributed by atoms with Gasteiger partial charge in [-0.2, -0.15) is 0 Å². The fraction of sp³-hybridized carbons (Fsp3) is 0.286. The molecule has 3 nitrogen and oxygen atoms in total. The van der Waals surface area contributed by atoms with Crippen LogP contribution >= 0.6 is 11.8 Å². The zero-order valence-electron chi connectivity index (χ0n) is 11.2. The Morgan fingerprint density at radius 1 is 1.16 bits per heavy atom. The van der Waals surface area contributed by atoms with Crippen molar-refractivity contribution in [2.24, 2.45) is 0 Å². The van der Waals surface area contributed by atoms with E-state index in [2.05, 4.69) is 15.3 Å². The van der Waals surface area contributed by atoms with Crippen molar-refractivity contribution in [2.75, 3.05) is 12.4 Å². The summed E-state index contributed by atoms with van der Waals surface area (Å²) >= 11 is 1.60. The molecule has 0 saturated heterocycles. The van der Waals surface area contributed by atoms with Gasteiger partial charge in [0.15, 0.2) is 0 Å². The molecule has 0 atom stereocenters. The number of halogens is 1. The SMILES string of the molecule is CNc1nc(CSc2ccc(F)cc2)nc(C)c1C. The van der Waals surface area contributed by atoms with Crippen molar-refractivity contribution < 1.29 is 4.39 Å². The summed E-state index contributed by atoms with van der Waals surface area (Å²) in [5.74, 6) is 2.09. The summed E-state index contributed by atoms with van der Waals surface area (Å²) in [6.45, 7) is 3.97. The molecule has 0 spiro atoms. The summed E-state index contributed by atoms with van der Waals surface area (Å²) in [6.07, 6.45) is 0. The number of aryl methyl sites for hydroxylation is 1. The van der Waals surface area contributed by atoms with E-state index in [1.165, 1.54) is 12.1 Å². The molecule has 2 rings (SSSR count). The van der Waals surface area contributed by atoms with Gasteiger partial charge in [0.05, 0.1) is 5.75 Å². The van der Waals surface area contributed by atoms with E-state index >= 15 is 0 Å². The van der Waals surface area contributed by atoms with Crippen LogP contribution in [0.2, 0.25) is 0 Å². The fourth-order valence-electron chi connectivity index (χ4n) is 1.67. The number of thioether (sulfide) groups is 1. The maximum Gasteiger partial charge on any atom is 0.141 e. The zero-order chi connectivity index (χ0) is 13.8. The molecule has 0 radical (unpaired) electrons. The third-order valence-electron chi connectivity index (χ3n) is 2.85. The monoisotopic (exact) mass is 277 g/mol. The normalized spacial score (nSPS) is 10.5. The first-order chi connectivity index (χ1) is 9.10. The van der Waals surface area contributed by atoms with Crippen molar-refractivity contribution in [1.29, 1.82) is 0 Å². The number of benzene rings is 1. The molecule has 2 aromatic rings. The Balaban J connectivity index is 2.11. The average Bonchev–Trinajstić information content (AvgIpc) is 2.41. The molecule has 100 valence electrons. The van der Waals surface area contributed by atoms with Crippen LogP contribution in [0, 0.1) is 19.7 Å². The first-order valence-corrected chi connectivity index (χ1v) is 6.99. The van der Waals surface area contributed by atoms with Gasteiger partial charge in [-0.15, -0.1) is 11.8 Å². The molecule has 0 aliphatic carbocycles. The van der Waals surface area contributed by atoms with Gasteiger partial charge in [-0.05, 0) is 38.1 Å². The second kappa shape index (κ2) is 6.02. The number of nitrogens with zero attached hydrogens (tertiary/aromatic N) is 2. The van der Waals surface area contributed by atoms with Crippen molar-refractivity contribution in [2.45, 2.75) is 24.5 Å². The Bertz CT molecular complexity index is 570. The maximum atomic E-state index is 12.8. The first kappa shape index (κ1) is 13.8. The minimum Gasteiger partial charge on any atom is -0.373 e. The quantitative estimate of drug-likeness (QED) is 0.867. The molecule has 1 aromatic carbocycles. The highest BCUT2D eigenvalue weighted by atomic mass is 32.2. The standard InChI is InChI=1S/C14H16FN3S/c1-9-10(2)17-13(18-14(9)16-3)8-19-12-6-4-11(15)5-7-12/h4-7H,8H2,1-3H3,(H,16,17,18). The molecule has 0 aliphatic rings. The molecule has 0 saturated carbocycles. The topological polar surface area (TPSA) is 37.8 Å². The number of aromatic nitrogens is 2. The predicted octanol–water partition coefficient (Wildman–Crippen LogP) is 3.57. The number of anilines is 1. The summed E-state index contributed by atoms with van der Waals surface area (Å²) in [4.78, 5) is 9.94. The van der Waals surface area contributed by atoms with Crippen LogP contribution in [0.1, 0.15) is 17.1 Å². The van der Waals surface area contributed by atoms with Gasteiger partial charge in [-0.25, -0.2) is 14.4 Å². The molecule has 19 heavy (non-hydrogen) atoms. The molecular formula is C14H16FN3S. The molecule has 0 fully saturated rings. The minimum absolute atomic E-state index is 0.218. The maximum absolute atomic E-state index is 12.8. The lowest BCUT2D eigenvalue weighted by atomic mass is 10.2. The van der Waals surface area contributed by atoms with Gasteiger partial charge in [-0.3, -0.25) is 0 Å². The van der Waals surface area contributed by atoms with Crippen LogP contribution in [0.5, 0.6) is 0 Å². The highest BCUT2D eigenvalue weighted by Crippen LogP contribution is 2.23. The predicted molar refractivity (Wildman–Crippen MR) is 77.0 cm³/mol. The van der Waals surface area contributed by atoms with Crippen LogP contribution in [0.4, 0.5) is 10.2 Å². The van der Waals surface area contributed by atoms with Gasteiger partial charge in [-0.1, -0.05) is 0 Å². The van der Waals surface area contributed by atoms with Crippen LogP contribution in [-0.4, -0.2) is 17.0 Å². The van der Waals surface area contributed by atoms with Crippen LogP contribution < -0.4 is 5.32 Å². The van der Waals surface area contributed by atoms with Gasteiger partial charge in [0.25, 0.3) is 0 Å². The smallest absolute Gasteiger partial charge is 0.141 e. The van der Waals surface area contributed by atoms with E-state index in [1.807, 2.05) is 20.9 Å². The van der Waals surface area contributed by atoms with Gasteiger partial charge in [0.1, 0.15) is 17.5 Å². The Labute approximate surface area is 116 Å². The first-order valence-electron chi connectivity index (χ1n) is 6.00. The summed E-state index contributed by atoms with van der Waals surface area (Å²) in [5.41, 5.74) is 2.05. The van der Waals surface area contributed by atoms with E-state index in [0.29, 0.717) is 5.75 Å². The van der Waals surface area contributed by atoms with E-state index in [-0.39, 0.29) is 5.82 Å². The number of rotatable bonds is 4. The third-order valence-corrected chi connectivity index (χ3v) is 3.86. The molecule has 1 heterocycles. The average molecular weight is 277 g/mol. The van der Waals surface area contributed by atoms with Crippen molar-refractivity contribution in [3.05, 3.63) is 47.2 Å². The lowest BCUT2D eigenvalue weighted by Crippen LogP contribution is -2.04. The second-order valence-corrected chi connectivity index (χ2v) is 5.24. The lowest BCUT2D eigenvalue weighted by Gasteiger charge is -2.09. The fourth-order valence-corrected chi connectivity index (χ4v) is 2.43. The van der Waals surface area contributed by atoms with Gasteiger partial charge < -0.3 is 5.32 Å². The minimum atomic E-state index is -0.218. The summed E-state index contributed by atoms with van der Waals surface area (Å²) in [6, 6.07) is 6.45. The van der Waals surface area contributed by atoms with Crippen molar-refractivity contribution >= 4 is 17.6 Å². The highest BCUT2D eigenvalue weighted by molar-refractivity contribution is 7.98. The molecule has 0 bridgehead atoms. The van der Waals surface area contributed by atoms with Crippen LogP contribution in [-0.2, 0) is 5.75 Å². The van der Waals surface area contributed by atoms with Crippen LogP contribution in [0.3, 0.4) is 0 Å². The molecule has 1 N–H and O–H groups in total. The van der Waals surface area contributed by atoms with E-state index in [9.17, 15) is 4.39 Å². The lowest BCUT2D eigenvalue weighted by molar-refractivity contribution is 0.626. The van der Waals surface area contributed by atoms with Crippen molar-refractivity contribution in [1.82, 2.24) is 9.97 Å².